The van der Waals surface area contributed by atoms with Gasteiger partial charge >= 0.3 is 0 Å². The lowest BCUT2D eigenvalue weighted by atomic mass is 10.1. The normalized spacial score (nSPS) is 12.5. The minimum Gasteiger partial charge on any atom is -0.508 e. The molecule has 9 N–H and O–H groups in total. The topological polar surface area (TPSA) is 178 Å². The largest absolute Gasteiger partial charge is 0.508 e. The van der Waals surface area contributed by atoms with Gasteiger partial charge in [-0.25, -0.2) is 0 Å². The van der Waals surface area contributed by atoms with Gasteiger partial charge in [-0.3, -0.25) is 19.2 Å². The van der Waals surface area contributed by atoms with E-state index < -0.39 is 35.7 Å². The summed E-state index contributed by atoms with van der Waals surface area (Å²) in [5, 5.41) is 16.3. The van der Waals surface area contributed by atoms with E-state index in [0.29, 0.717) is 6.42 Å². The molecule has 0 aromatic heterocycles. The number of carbonyl (C=O) groups excluding carboxylic acids is 4. The van der Waals surface area contributed by atoms with E-state index >= 15 is 0 Å². The first kappa shape index (κ1) is 20.9. The molecular formula is C16H24N5O5+. The molecule has 1 aromatic rings. The Hall–Kier alpha value is -3.14. The highest BCUT2D eigenvalue weighted by molar-refractivity contribution is 5.92. The van der Waals surface area contributed by atoms with Crippen LogP contribution in [0.15, 0.2) is 24.3 Å². The Balaban J connectivity index is 2.39. The average molecular weight is 366 g/mol. The van der Waals surface area contributed by atoms with Crippen molar-refractivity contribution in [2.75, 3.05) is 13.1 Å². The van der Waals surface area contributed by atoms with E-state index in [4.69, 9.17) is 5.73 Å². The molecule has 0 heterocycles. The molecule has 1 aromatic carbocycles. The summed E-state index contributed by atoms with van der Waals surface area (Å²) >= 11 is 0. The second-order valence-electron chi connectivity index (χ2n) is 5.76. The first-order valence-electron chi connectivity index (χ1n) is 7.93. The Bertz CT molecular complexity index is 661. The minimum atomic E-state index is -0.865. The minimum absolute atomic E-state index is 0.129. The number of primary amides is 1. The molecule has 0 radical (unpaired) electrons. The van der Waals surface area contributed by atoms with Gasteiger partial charge in [-0.05, 0) is 24.6 Å². The number of rotatable bonds is 9. The van der Waals surface area contributed by atoms with Crippen LogP contribution in [0.25, 0.3) is 0 Å². The third-order valence-corrected chi connectivity index (χ3v) is 3.42. The maximum atomic E-state index is 12.1. The van der Waals surface area contributed by atoms with Gasteiger partial charge in [0.25, 0.3) is 5.91 Å². The van der Waals surface area contributed by atoms with Crippen LogP contribution >= 0.6 is 0 Å². The number of hydrogen-bond donors (Lipinski definition) is 6. The summed E-state index contributed by atoms with van der Waals surface area (Å²) in [4.78, 5) is 45.9. The summed E-state index contributed by atoms with van der Waals surface area (Å²) in [5.41, 5.74) is 9.47. The Morgan fingerprint density at radius 3 is 2.27 bits per heavy atom. The standard InChI is InChI=1S/C16H23N5O5/c1-9(15(25)20-8-14(24)19-7-13(18)23)21-16(26)12(17)6-10-2-4-11(22)5-3-10/h2-5,9,12,22H,6-8,17H2,1H3,(H2,18,23)(H,19,24)(H,20,25)(H,21,26)/p+1/t9-,12+/m0/s1. The van der Waals surface area contributed by atoms with E-state index in [1.165, 1.54) is 19.1 Å². The van der Waals surface area contributed by atoms with Gasteiger partial charge in [0.15, 0.2) is 6.04 Å². The number of nitrogens with one attached hydrogen (secondary N) is 3. The van der Waals surface area contributed by atoms with Crippen molar-refractivity contribution < 1.29 is 30.0 Å². The number of phenols is 1. The van der Waals surface area contributed by atoms with E-state index in [9.17, 15) is 24.3 Å². The first-order valence-corrected chi connectivity index (χ1v) is 7.93. The maximum absolute atomic E-state index is 12.1. The number of aromatic hydroxyl groups is 1. The van der Waals surface area contributed by atoms with Crippen LogP contribution in [0.5, 0.6) is 5.75 Å². The fourth-order valence-electron chi connectivity index (χ4n) is 1.97. The SMILES string of the molecule is C[C@H](NC(=O)[C@H]([NH3+])Cc1ccc(O)cc1)C(=O)NCC(=O)NCC(N)=O. The van der Waals surface area contributed by atoms with Crippen LogP contribution in [0.3, 0.4) is 0 Å². The average Bonchev–Trinajstić information content (AvgIpc) is 2.59. The molecule has 0 fully saturated rings. The lowest BCUT2D eigenvalue weighted by Crippen LogP contribution is -2.69. The molecule has 142 valence electrons. The lowest BCUT2D eigenvalue weighted by molar-refractivity contribution is -0.403. The Kier molecular flexibility index (Phi) is 8.03. The zero-order valence-corrected chi connectivity index (χ0v) is 14.5. The van der Waals surface area contributed by atoms with Gasteiger partial charge in [0, 0.05) is 6.42 Å². The number of quaternary nitrogens is 1. The number of phenolic OH excluding ortho intramolecular Hbond substituents is 1. The molecule has 0 unspecified atom stereocenters. The Labute approximate surface area is 150 Å². The van der Waals surface area contributed by atoms with Crippen molar-refractivity contribution >= 4 is 23.6 Å². The van der Waals surface area contributed by atoms with Crippen LogP contribution in [0.1, 0.15) is 12.5 Å². The van der Waals surface area contributed by atoms with Crippen LogP contribution in [-0.4, -0.2) is 53.9 Å². The molecule has 1 rings (SSSR count). The summed E-state index contributed by atoms with van der Waals surface area (Å²) in [6, 6.07) is 4.89. The summed E-state index contributed by atoms with van der Waals surface area (Å²) in [6.45, 7) is 0.816. The van der Waals surface area contributed by atoms with Crippen molar-refractivity contribution in [1.29, 1.82) is 0 Å². The maximum Gasteiger partial charge on any atom is 0.279 e. The highest BCUT2D eigenvalue weighted by Crippen LogP contribution is 2.10. The fraction of sp³-hybridized carbons (Fsp3) is 0.375. The molecule has 0 saturated carbocycles. The molecule has 10 heteroatoms. The van der Waals surface area contributed by atoms with Gasteiger partial charge in [0.2, 0.25) is 17.7 Å². The quantitative estimate of drug-likeness (QED) is 0.268. The number of hydrogen-bond acceptors (Lipinski definition) is 5. The monoisotopic (exact) mass is 366 g/mol. The number of amides is 4. The van der Waals surface area contributed by atoms with Crippen molar-refractivity contribution in [3.8, 4) is 5.75 Å². The Morgan fingerprint density at radius 2 is 1.69 bits per heavy atom. The molecule has 2 atom stereocenters. The van der Waals surface area contributed by atoms with Gasteiger partial charge in [-0.2, -0.15) is 0 Å². The van der Waals surface area contributed by atoms with Crippen molar-refractivity contribution in [3.63, 3.8) is 0 Å². The van der Waals surface area contributed by atoms with Crippen molar-refractivity contribution in [2.45, 2.75) is 25.4 Å². The third kappa shape index (κ3) is 7.62. The highest BCUT2D eigenvalue weighted by Gasteiger charge is 2.23. The zero-order valence-electron chi connectivity index (χ0n) is 14.5. The summed E-state index contributed by atoms with van der Waals surface area (Å²) < 4.78 is 0. The predicted octanol–water partition coefficient (Wildman–Crippen LogP) is -3.23. The van der Waals surface area contributed by atoms with E-state index in [0.717, 1.165) is 5.56 Å². The fourth-order valence-corrected chi connectivity index (χ4v) is 1.97. The Morgan fingerprint density at radius 1 is 1.08 bits per heavy atom. The molecule has 0 aliphatic rings. The van der Waals surface area contributed by atoms with Gasteiger partial charge in [0.1, 0.15) is 11.8 Å². The second kappa shape index (κ2) is 9.99. The van der Waals surface area contributed by atoms with Crippen LogP contribution in [0.4, 0.5) is 0 Å². The lowest BCUT2D eigenvalue weighted by Gasteiger charge is -2.16. The van der Waals surface area contributed by atoms with E-state index in [-0.39, 0.29) is 18.8 Å². The first-order chi connectivity index (χ1) is 12.2. The molecule has 0 bridgehead atoms. The van der Waals surface area contributed by atoms with Gasteiger partial charge < -0.3 is 32.5 Å². The summed E-state index contributed by atoms with van der Waals surface area (Å²) in [6.07, 6.45) is 0.343. The van der Waals surface area contributed by atoms with Crippen LogP contribution in [-0.2, 0) is 25.6 Å². The smallest absolute Gasteiger partial charge is 0.279 e. The molecule has 0 spiro atoms. The third-order valence-electron chi connectivity index (χ3n) is 3.42. The summed E-state index contributed by atoms with van der Waals surface area (Å²) in [5.74, 6) is -2.11. The number of carbonyl (C=O) groups is 4. The van der Waals surface area contributed by atoms with Crippen LogP contribution in [0.2, 0.25) is 0 Å². The number of nitrogens with two attached hydrogens (primary N) is 1. The summed E-state index contributed by atoms with van der Waals surface area (Å²) in [7, 11) is 0. The van der Waals surface area contributed by atoms with Crippen molar-refractivity contribution in [2.24, 2.45) is 5.73 Å². The van der Waals surface area contributed by atoms with Crippen LogP contribution < -0.4 is 27.4 Å². The van der Waals surface area contributed by atoms with Crippen molar-refractivity contribution in [3.05, 3.63) is 29.8 Å². The molecule has 0 aliphatic heterocycles. The van der Waals surface area contributed by atoms with Crippen LogP contribution in [0, 0.1) is 0 Å². The molecule has 4 amide bonds. The highest BCUT2D eigenvalue weighted by atomic mass is 16.3. The molecule has 26 heavy (non-hydrogen) atoms. The molecule has 0 saturated heterocycles. The van der Waals surface area contributed by atoms with Gasteiger partial charge in [-0.15, -0.1) is 0 Å². The predicted molar refractivity (Wildman–Crippen MR) is 91.3 cm³/mol. The second-order valence-corrected chi connectivity index (χ2v) is 5.76. The molecule has 10 nitrogen and oxygen atoms in total. The zero-order chi connectivity index (χ0) is 19.7. The van der Waals surface area contributed by atoms with E-state index in [1.807, 2.05) is 0 Å². The van der Waals surface area contributed by atoms with Gasteiger partial charge in [0.05, 0.1) is 13.1 Å². The number of benzene rings is 1. The van der Waals surface area contributed by atoms with E-state index in [2.05, 4.69) is 21.7 Å². The molecular weight excluding hydrogens is 342 g/mol. The molecule has 0 aliphatic carbocycles. The van der Waals surface area contributed by atoms with E-state index in [1.54, 1.807) is 12.1 Å². The van der Waals surface area contributed by atoms with Crippen molar-refractivity contribution in [1.82, 2.24) is 16.0 Å². The van der Waals surface area contributed by atoms with Gasteiger partial charge in [-0.1, -0.05) is 12.1 Å².